The maximum absolute atomic E-state index is 13.5. The number of benzene rings is 2. The van der Waals surface area contributed by atoms with Crippen molar-refractivity contribution < 1.29 is 18.4 Å². The van der Waals surface area contributed by atoms with Gasteiger partial charge in [0.2, 0.25) is 0 Å². The Hall–Kier alpha value is -2.86. The van der Waals surface area contributed by atoms with Crippen molar-refractivity contribution >= 4 is 34.4 Å². The van der Waals surface area contributed by atoms with E-state index in [1.54, 1.807) is 18.2 Å². The molecule has 2 aromatic carbocycles. The van der Waals surface area contributed by atoms with Gasteiger partial charge in [-0.1, -0.05) is 23.7 Å². The molecule has 116 valence electrons. The van der Waals surface area contributed by atoms with Crippen molar-refractivity contribution in [1.82, 2.24) is 10.9 Å². The summed E-state index contributed by atoms with van der Waals surface area (Å²) < 4.78 is 18.8. The zero-order chi connectivity index (χ0) is 16.4. The van der Waals surface area contributed by atoms with E-state index in [1.807, 2.05) is 0 Å². The highest BCUT2D eigenvalue weighted by Crippen LogP contribution is 2.22. The Morgan fingerprint density at radius 2 is 1.74 bits per heavy atom. The van der Waals surface area contributed by atoms with Crippen molar-refractivity contribution in [2.45, 2.75) is 0 Å². The van der Waals surface area contributed by atoms with Gasteiger partial charge in [0.15, 0.2) is 5.76 Å². The van der Waals surface area contributed by atoms with Gasteiger partial charge < -0.3 is 4.42 Å². The molecule has 2 amide bonds. The van der Waals surface area contributed by atoms with Crippen LogP contribution in [0.25, 0.3) is 11.0 Å². The summed E-state index contributed by atoms with van der Waals surface area (Å²) in [4.78, 5) is 23.8. The van der Waals surface area contributed by atoms with Gasteiger partial charge in [0.1, 0.15) is 11.4 Å². The van der Waals surface area contributed by atoms with Crippen molar-refractivity contribution in [2.75, 3.05) is 0 Å². The normalized spacial score (nSPS) is 10.5. The van der Waals surface area contributed by atoms with Crippen molar-refractivity contribution in [1.29, 1.82) is 0 Å². The fourth-order valence-corrected chi connectivity index (χ4v) is 2.19. The summed E-state index contributed by atoms with van der Waals surface area (Å²) in [6.07, 6.45) is 0. The number of furan rings is 1. The molecule has 0 fully saturated rings. The first kappa shape index (κ1) is 15.1. The standard InChI is InChI=1S/C16H10ClFN2O3/c17-10-5-6-13-9(7-10)8-14(23-13)16(22)20-19-15(21)11-3-1-2-4-12(11)18/h1-8H,(H,19,21)(H,20,22). The molecule has 1 aromatic heterocycles. The Morgan fingerprint density at radius 3 is 2.52 bits per heavy atom. The summed E-state index contributed by atoms with van der Waals surface area (Å²) in [5.74, 6) is -2.12. The van der Waals surface area contributed by atoms with E-state index < -0.39 is 17.6 Å². The van der Waals surface area contributed by atoms with Crippen LogP contribution in [0.5, 0.6) is 0 Å². The number of hydrogen-bond donors (Lipinski definition) is 2. The first-order valence-corrected chi connectivity index (χ1v) is 6.97. The number of carbonyl (C=O) groups excluding carboxylic acids is 2. The molecule has 0 aliphatic carbocycles. The lowest BCUT2D eigenvalue weighted by Crippen LogP contribution is -2.41. The van der Waals surface area contributed by atoms with Gasteiger partial charge in [0.05, 0.1) is 5.56 Å². The summed E-state index contributed by atoms with van der Waals surface area (Å²) in [5, 5.41) is 1.17. The van der Waals surface area contributed by atoms with Crippen LogP contribution in [-0.2, 0) is 0 Å². The van der Waals surface area contributed by atoms with Crippen LogP contribution in [0.2, 0.25) is 5.02 Å². The molecule has 1 heterocycles. The third kappa shape index (κ3) is 3.17. The molecule has 3 aromatic rings. The lowest BCUT2D eigenvalue weighted by atomic mass is 10.2. The number of nitrogens with one attached hydrogen (secondary N) is 2. The van der Waals surface area contributed by atoms with Crippen molar-refractivity contribution in [3.63, 3.8) is 0 Å². The van der Waals surface area contributed by atoms with Crippen LogP contribution in [0, 0.1) is 5.82 Å². The monoisotopic (exact) mass is 332 g/mol. The third-order valence-electron chi connectivity index (χ3n) is 3.11. The smallest absolute Gasteiger partial charge is 0.305 e. The number of amides is 2. The fraction of sp³-hybridized carbons (Fsp3) is 0. The molecule has 0 aliphatic rings. The van der Waals surface area contributed by atoms with Crippen molar-refractivity contribution in [2.24, 2.45) is 0 Å². The molecule has 3 rings (SSSR count). The Balaban J connectivity index is 1.71. The van der Waals surface area contributed by atoms with E-state index >= 15 is 0 Å². The molecule has 0 aliphatic heterocycles. The fourth-order valence-electron chi connectivity index (χ4n) is 2.01. The lowest BCUT2D eigenvalue weighted by Gasteiger charge is -2.06. The van der Waals surface area contributed by atoms with Gasteiger partial charge in [-0.05, 0) is 36.4 Å². The van der Waals surface area contributed by atoms with Gasteiger partial charge in [-0.25, -0.2) is 4.39 Å². The number of carbonyl (C=O) groups is 2. The molecule has 5 nitrogen and oxygen atoms in total. The molecule has 0 atom stereocenters. The third-order valence-corrected chi connectivity index (χ3v) is 3.35. The highest BCUT2D eigenvalue weighted by Gasteiger charge is 2.15. The van der Waals surface area contributed by atoms with Crippen LogP contribution in [0.1, 0.15) is 20.9 Å². The molecule has 0 saturated heterocycles. The predicted molar refractivity (Wildman–Crippen MR) is 82.6 cm³/mol. The van der Waals surface area contributed by atoms with Gasteiger partial charge in [-0.3, -0.25) is 20.4 Å². The number of rotatable bonds is 2. The van der Waals surface area contributed by atoms with Gasteiger partial charge in [0.25, 0.3) is 5.91 Å². The average Bonchev–Trinajstić information content (AvgIpc) is 2.95. The molecule has 0 spiro atoms. The number of hydrazine groups is 1. The lowest BCUT2D eigenvalue weighted by molar-refractivity contribution is 0.0830. The van der Waals surface area contributed by atoms with Gasteiger partial charge in [0, 0.05) is 10.4 Å². The highest BCUT2D eigenvalue weighted by molar-refractivity contribution is 6.31. The first-order valence-electron chi connectivity index (χ1n) is 6.59. The van der Waals surface area contributed by atoms with Gasteiger partial charge >= 0.3 is 5.91 Å². The average molecular weight is 333 g/mol. The van der Waals surface area contributed by atoms with E-state index in [4.69, 9.17) is 16.0 Å². The zero-order valence-corrected chi connectivity index (χ0v) is 12.4. The van der Waals surface area contributed by atoms with Crippen LogP contribution >= 0.6 is 11.6 Å². The van der Waals surface area contributed by atoms with E-state index in [1.165, 1.54) is 24.3 Å². The molecule has 23 heavy (non-hydrogen) atoms. The molecule has 0 bridgehead atoms. The minimum atomic E-state index is -0.768. The van der Waals surface area contributed by atoms with E-state index in [9.17, 15) is 14.0 Å². The second kappa shape index (κ2) is 6.10. The first-order chi connectivity index (χ1) is 11.0. The SMILES string of the molecule is O=C(NNC(=O)c1ccccc1F)c1cc2cc(Cl)ccc2o1. The largest absolute Gasteiger partial charge is 0.451 e. The van der Waals surface area contributed by atoms with Crippen molar-refractivity contribution in [3.8, 4) is 0 Å². The molecule has 7 heteroatoms. The molecular formula is C16H10ClFN2O3. The van der Waals surface area contributed by atoms with E-state index in [2.05, 4.69) is 10.9 Å². The summed E-state index contributed by atoms with van der Waals surface area (Å²) in [6.45, 7) is 0. The second-order valence-corrected chi connectivity index (χ2v) is 5.12. The van der Waals surface area contributed by atoms with Crippen LogP contribution in [-0.4, -0.2) is 11.8 Å². The van der Waals surface area contributed by atoms with Crippen LogP contribution in [0.15, 0.2) is 52.9 Å². The Bertz CT molecular complexity index is 907. The Kier molecular flexibility index (Phi) is 3.99. The van der Waals surface area contributed by atoms with Crippen molar-refractivity contribution in [3.05, 3.63) is 70.7 Å². The minimum Gasteiger partial charge on any atom is -0.451 e. The van der Waals surface area contributed by atoms with E-state index in [0.717, 1.165) is 6.07 Å². The molecular weight excluding hydrogens is 323 g/mol. The molecule has 0 saturated carbocycles. The second-order valence-electron chi connectivity index (χ2n) is 4.68. The van der Waals surface area contributed by atoms with E-state index in [-0.39, 0.29) is 11.3 Å². The van der Waals surface area contributed by atoms with Crippen LogP contribution < -0.4 is 10.9 Å². The number of fused-ring (bicyclic) bond motifs is 1. The number of hydrogen-bond acceptors (Lipinski definition) is 3. The van der Waals surface area contributed by atoms with Gasteiger partial charge in [-0.15, -0.1) is 0 Å². The maximum atomic E-state index is 13.5. The number of halogens is 2. The minimum absolute atomic E-state index is 0.00361. The van der Waals surface area contributed by atoms with Crippen LogP contribution in [0.3, 0.4) is 0 Å². The summed E-state index contributed by atoms with van der Waals surface area (Å²) >= 11 is 5.86. The molecule has 0 radical (unpaired) electrons. The van der Waals surface area contributed by atoms with E-state index in [0.29, 0.717) is 16.0 Å². The Labute approximate surface area is 135 Å². The summed E-state index contributed by atoms with van der Waals surface area (Å²) in [6, 6.07) is 11.8. The maximum Gasteiger partial charge on any atom is 0.305 e. The topological polar surface area (TPSA) is 71.3 Å². The zero-order valence-electron chi connectivity index (χ0n) is 11.6. The van der Waals surface area contributed by atoms with Crippen LogP contribution in [0.4, 0.5) is 4.39 Å². The quantitative estimate of drug-likeness (QED) is 0.707. The highest BCUT2D eigenvalue weighted by atomic mass is 35.5. The summed E-state index contributed by atoms with van der Waals surface area (Å²) in [7, 11) is 0. The Morgan fingerprint density at radius 1 is 1.00 bits per heavy atom. The predicted octanol–water partition coefficient (Wildman–Crippen LogP) is 3.30. The molecule has 2 N–H and O–H groups in total. The summed E-state index contributed by atoms with van der Waals surface area (Å²) in [5.41, 5.74) is 4.61. The van der Waals surface area contributed by atoms with Gasteiger partial charge in [-0.2, -0.15) is 0 Å². The molecule has 0 unspecified atom stereocenters.